The van der Waals surface area contributed by atoms with Gasteiger partial charge in [0.15, 0.2) is 5.96 Å². The van der Waals surface area contributed by atoms with Gasteiger partial charge in [-0.15, -0.1) is 30.6 Å². The summed E-state index contributed by atoms with van der Waals surface area (Å²) >= 11 is 0. The van der Waals surface area contributed by atoms with Crippen LogP contribution in [0.25, 0.3) is 0 Å². The van der Waals surface area contributed by atoms with Gasteiger partial charge in [0.05, 0.1) is 6.54 Å². The average Bonchev–Trinajstić information content (AvgIpc) is 2.34. The van der Waals surface area contributed by atoms with Crippen LogP contribution in [0.5, 0.6) is 0 Å². The molecule has 0 saturated carbocycles. The van der Waals surface area contributed by atoms with Gasteiger partial charge in [-0.1, -0.05) is 18.2 Å². The molecule has 6 heteroatoms. The average molecular weight is 379 g/mol. The van der Waals surface area contributed by atoms with Crippen LogP contribution in [0.1, 0.15) is 12.5 Å². The van der Waals surface area contributed by atoms with Crippen molar-refractivity contribution in [3.05, 3.63) is 48.3 Å². The van der Waals surface area contributed by atoms with E-state index in [0.29, 0.717) is 12.1 Å². The molecule has 0 heterocycles. The van der Waals surface area contributed by atoms with Gasteiger partial charge >= 0.3 is 0 Å². The fraction of sp³-hybridized carbons (Fsp3) is 0.308. The lowest BCUT2D eigenvalue weighted by Crippen LogP contribution is -2.34. The van der Waals surface area contributed by atoms with E-state index in [1.165, 1.54) is 24.3 Å². The molecule has 0 aliphatic carbocycles. The molecule has 0 aliphatic rings. The van der Waals surface area contributed by atoms with Gasteiger partial charge in [0.2, 0.25) is 0 Å². The molecule has 0 radical (unpaired) electrons. The number of nitrogens with one attached hydrogen (secondary N) is 1. The molecule has 1 rings (SSSR count). The zero-order valence-corrected chi connectivity index (χ0v) is 13.1. The minimum Gasteiger partial charge on any atom is -0.384 e. The summed E-state index contributed by atoms with van der Waals surface area (Å²) in [5.41, 5.74) is 4.99. The van der Waals surface area contributed by atoms with Crippen molar-refractivity contribution in [1.82, 2.24) is 5.32 Å². The van der Waals surface area contributed by atoms with Gasteiger partial charge in [-0.25, -0.2) is 4.39 Å². The molecule has 4 nitrogen and oxygen atoms in total. The van der Waals surface area contributed by atoms with Gasteiger partial charge in [0, 0.05) is 6.54 Å². The second-order valence-corrected chi connectivity index (χ2v) is 4.15. The molecule has 1 unspecified atom stereocenters. The Labute approximate surface area is 129 Å². The second-order valence-electron chi connectivity index (χ2n) is 4.15. The fourth-order valence-electron chi connectivity index (χ4n) is 1.37. The lowest BCUT2D eigenvalue weighted by Gasteiger charge is -2.21. The van der Waals surface area contributed by atoms with Crippen molar-refractivity contribution in [3.63, 3.8) is 0 Å². The number of nitrogens with zero attached hydrogens (tertiary/aromatic N) is 1. The molecule has 1 aromatic carbocycles. The molecule has 0 saturated heterocycles. The van der Waals surface area contributed by atoms with E-state index in [0.717, 1.165) is 0 Å². The van der Waals surface area contributed by atoms with Gasteiger partial charge in [0.25, 0.3) is 0 Å². The number of aliphatic imine (C=N–C) groups is 1. The number of hydrogen-bond acceptors (Lipinski definition) is 2. The van der Waals surface area contributed by atoms with Gasteiger partial charge in [-0.3, -0.25) is 4.99 Å². The Morgan fingerprint density at radius 3 is 2.63 bits per heavy atom. The maximum absolute atomic E-state index is 12.8. The molecule has 1 aromatic rings. The molecular weight excluding hydrogens is 360 g/mol. The molecule has 0 spiro atoms. The summed E-state index contributed by atoms with van der Waals surface area (Å²) in [5, 5.41) is 13.0. The first-order valence-electron chi connectivity index (χ1n) is 5.59. The maximum Gasteiger partial charge on any atom is 0.188 e. The van der Waals surface area contributed by atoms with Crippen LogP contribution in [0, 0.1) is 5.82 Å². The SMILES string of the molecule is C=CCNC(N)=NCC(C)(O)c1ccc(F)cc1.I. The molecule has 106 valence electrons. The second kappa shape index (κ2) is 8.11. The number of guanidine groups is 1. The summed E-state index contributed by atoms with van der Waals surface area (Å²) in [4.78, 5) is 4.02. The zero-order chi connectivity index (χ0) is 13.6. The Morgan fingerprint density at radius 1 is 1.53 bits per heavy atom. The van der Waals surface area contributed by atoms with Crippen molar-refractivity contribution in [2.75, 3.05) is 13.1 Å². The Balaban J connectivity index is 0.00000324. The van der Waals surface area contributed by atoms with Crippen molar-refractivity contribution in [1.29, 1.82) is 0 Å². The summed E-state index contributed by atoms with van der Waals surface area (Å²) in [6.45, 7) is 5.74. The van der Waals surface area contributed by atoms with Crippen LogP contribution in [-0.2, 0) is 5.60 Å². The Morgan fingerprint density at radius 2 is 2.11 bits per heavy atom. The molecule has 4 N–H and O–H groups in total. The highest BCUT2D eigenvalue weighted by Crippen LogP contribution is 2.20. The van der Waals surface area contributed by atoms with E-state index in [9.17, 15) is 9.50 Å². The van der Waals surface area contributed by atoms with Crippen molar-refractivity contribution >= 4 is 29.9 Å². The lowest BCUT2D eigenvalue weighted by molar-refractivity contribution is 0.0672. The number of rotatable bonds is 5. The van der Waals surface area contributed by atoms with Crippen LogP contribution in [0.4, 0.5) is 4.39 Å². The van der Waals surface area contributed by atoms with E-state index < -0.39 is 5.60 Å². The summed E-state index contributed by atoms with van der Waals surface area (Å²) in [5.74, 6) is -0.109. The molecular formula is C13H19FIN3O. The monoisotopic (exact) mass is 379 g/mol. The Hall–Kier alpha value is -1.15. The van der Waals surface area contributed by atoms with Crippen LogP contribution < -0.4 is 11.1 Å². The van der Waals surface area contributed by atoms with Crippen LogP contribution in [0.3, 0.4) is 0 Å². The molecule has 0 aromatic heterocycles. The van der Waals surface area contributed by atoms with Crippen LogP contribution in [-0.4, -0.2) is 24.2 Å². The van der Waals surface area contributed by atoms with E-state index in [1.807, 2.05) is 0 Å². The van der Waals surface area contributed by atoms with Crippen molar-refractivity contribution in [3.8, 4) is 0 Å². The molecule has 0 fully saturated rings. The Kier molecular flexibility index (Phi) is 7.62. The molecule has 0 aliphatic heterocycles. The fourth-order valence-corrected chi connectivity index (χ4v) is 1.37. The van der Waals surface area contributed by atoms with E-state index in [2.05, 4.69) is 16.9 Å². The van der Waals surface area contributed by atoms with Gasteiger partial charge in [-0.2, -0.15) is 0 Å². The molecule has 0 amide bonds. The topological polar surface area (TPSA) is 70.6 Å². The first kappa shape index (κ1) is 17.8. The minimum absolute atomic E-state index is 0. The highest BCUT2D eigenvalue weighted by atomic mass is 127. The smallest absolute Gasteiger partial charge is 0.188 e. The van der Waals surface area contributed by atoms with Gasteiger partial charge in [-0.05, 0) is 24.6 Å². The summed E-state index contributed by atoms with van der Waals surface area (Å²) in [6.07, 6.45) is 1.65. The van der Waals surface area contributed by atoms with Crippen molar-refractivity contribution in [2.45, 2.75) is 12.5 Å². The Bertz CT molecular complexity index is 432. The maximum atomic E-state index is 12.8. The molecule has 1 atom stereocenters. The van der Waals surface area contributed by atoms with Crippen molar-refractivity contribution < 1.29 is 9.50 Å². The minimum atomic E-state index is -1.19. The predicted octanol–water partition coefficient (Wildman–Crippen LogP) is 1.74. The first-order chi connectivity index (χ1) is 8.45. The highest BCUT2D eigenvalue weighted by Gasteiger charge is 2.22. The number of aliphatic hydroxyl groups is 1. The molecule has 19 heavy (non-hydrogen) atoms. The first-order valence-corrected chi connectivity index (χ1v) is 5.59. The van der Waals surface area contributed by atoms with Gasteiger partial charge < -0.3 is 16.2 Å². The number of nitrogens with two attached hydrogens (primary N) is 1. The molecule has 0 bridgehead atoms. The number of benzene rings is 1. The van der Waals surface area contributed by atoms with E-state index in [-0.39, 0.29) is 42.3 Å². The van der Waals surface area contributed by atoms with Crippen LogP contribution in [0.2, 0.25) is 0 Å². The largest absolute Gasteiger partial charge is 0.384 e. The van der Waals surface area contributed by atoms with Crippen LogP contribution >= 0.6 is 24.0 Å². The predicted molar refractivity (Wildman–Crippen MR) is 86.1 cm³/mol. The van der Waals surface area contributed by atoms with Gasteiger partial charge in [0.1, 0.15) is 11.4 Å². The van der Waals surface area contributed by atoms with E-state index >= 15 is 0 Å². The van der Waals surface area contributed by atoms with E-state index in [4.69, 9.17) is 5.73 Å². The van der Waals surface area contributed by atoms with Crippen LogP contribution in [0.15, 0.2) is 41.9 Å². The third-order valence-electron chi connectivity index (χ3n) is 2.45. The van der Waals surface area contributed by atoms with Crippen molar-refractivity contribution in [2.24, 2.45) is 10.7 Å². The highest BCUT2D eigenvalue weighted by molar-refractivity contribution is 14.0. The lowest BCUT2D eigenvalue weighted by atomic mass is 9.96. The number of halogens is 2. The zero-order valence-electron chi connectivity index (χ0n) is 10.8. The summed E-state index contributed by atoms with van der Waals surface area (Å²) < 4.78 is 12.8. The standard InChI is InChI=1S/C13H18FN3O.HI/c1-3-8-16-12(15)17-9-13(2,18)10-4-6-11(14)7-5-10;/h3-7,18H,1,8-9H2,2H3,(H3,15,16,17);1H. The van der Waals surface area contributed by atoms with E-state index in [1.54, 1.807) is 13.0 Å². The normalized spacial score (nSPS) is 14.2. The quantitative estimate of drug-likeness (QED) is 0.316. The number of hydrogen-bond donors (Lipinski definition) is 3. The summed E-state index contributed by atoms with van der Waals surface area (Å²) in [7, 11) is 0. The third-order valence-corrected chi connectivity index (χ3v) is 2.45. The summed E-state index contributed by atoms with van der Waals surface area (Å²) in [6, 6.07) is 5.65. The third kappa shape index (κ3) is 6.02.